The standard InChI is InChI=1S/C16H17F2NO/c1-16(11-20,10-12-6-2-3-7-13(12)17)19-15-9-5-4-8-14(15)18/h2-9,19-20H,10-11H2,1H3. The van der Waals surface area contributed by atoms with E-state index in [-0.39, 0.29) is 18.8 Å². The highest BCUT2D eigenvalue weighted by Crippen LogP contribution is 2.23. The minimum Gasteiger partial charge on any atom is -0.394 e. The summed E-state index contributed by atoms with van der Waals surface area (Å²) < 4.78 is 27.3. The highest BCUT2D eigenvalue weighted by Gasteiger charge is 2.25. The molecule has 1 unspecified atom stereocenters. The Kier molecular flexibility index (Phi) is 4.35. The smallest absolute Gasteiger partial charge is 0.146 e. The molecule has 0 radical (unpaired) electrons. The molecule has 0 aliphatic carbocycles. The summed E-state index contributed by atoms with van der Waals surface area (Å²) in [5, 5.41) is 12.5. The predicted molar refractivity (Wildman–Crippen MR) is 75.6 cm³/mol. The fraction of sp³-hybridized carbons (Fsp3) is 0.250. The Bertz CT molecular complexity index is 539. The summed E-state index contributed by atoms with van der Waals surface area (Å²) in [4.78, 5) is 0. The van der Waals surface area contributed by atoms with Crippen LogP contribution in [0, 0.1) is 11.6 Å². The monoisotopic (exact) mass is 277 g/mol. The molecule has 2 aromatic rings. The molecule has 0 spiro atoms. The van der Waals surface area contributed by atoms with Crippen LogP contribution in [0.5, 0.6) is 0 Å². The summed E-state index contributed by atoms with van der Waals surface area (Å²) in [7, 11) is 0. The molecular formula is C16H17F2NO. The van der Waals surface area contributed by atoms with Crippen LogP contribution in [0.1, 0.15) is 12.5 Å². The number of aliphatic hydroxyl groups is 1. The van der Waals surface area contributed by atoms with Gasteiger partial charge in [0, 0.05) is 6.42 Å². The first-order valence-corrected chi connectivity index (χ1v) is 6.41. The van der Waals surface area contributed by atoms with Gasteiger partial charge in [0.2, 0.25) is 0 Å². The summed E-state index contributed by atoms with van der Waals surface area (Å²) in [5.74, 6) is -0.733. The lowest BCUT2D eigenvalue weighted by molar-refractivity contribution is 0.220. The number of para-hydroxylation sites is 1. The van der Waals surface area contributed by atoms with Gasteiger partial charge >= 0.3 is 0 Å². The third kappa shape index (κ3) is 3.33. The van der Waals surface area contributed by atoms with Crippen LogP contribution in [0.3, 0.4) is 0 Å². The fourth-order valence-electron chi connectivity index (χ4n) is 2.09. The van der Waals surface area contributed by atoms with Gasteiger partial charge in [0.25, 0.3) is 0 Å². The average Bonchev–Trinajstić information content (AvgIpc) is 2.44. The number of rotatable bonds is 5. The molecule has 0 aromatic heterocycles. The van der Waals surface area contributed by atoms with Gasteiger partial charge in [0.1, 0.15) is 11.6 Å². The Labute approximate surface area is 117 Å². The Morgan fingerprint density at radius 3 is 2.20 bits per heavy atom. The van der Waals surface area contributed by atoms with Crippen molar-refractivity contribution in [3.63, 3.8) is 0 Å². The number of hydrogen-bond donors (Lipinski definition) is 2. The van der Waals surface area contributed by atoms with E-state index in [0.29, 0.717) is 11.3 Å². The highest BCUT2D eigenvalue weighted by atomic mass is 19.1. The molecule has 0 bridgehead atoms. The molecule has 0 fully saturated rings. The van der Waals surface area contributed by atoms with E-state index in [1.807, 2.05) is 0 Å². The van der Waals surface area contributed by atoms with Crippen LogP contribution in [-0.2, 0) is 6.42 Å². The van der Waals surface area contributed by atoms with Gasteiger partial charge in [-0.15, -0.1) is 0 Å². The quantitative estimate of drug-likeness (QED) is 0.878. The highest BCUT2D eigenvalue weighted by molar-refractivity contribution is 5.47. The zero-order valence-corrected chi connectivity index (χ0v) is 11.2. The Morgan fingerprint density at radius 1 is 1.00 bits per heavy atom. The van der Waals surface area contributed by atoms with Crippen molar-refractivity contribution in [3.8, 4) is 0 Å². The van der Waals surface area contributed by atoms with Crippen molar-refractivity contribution in [1.29, 1.82) is 0 Å². The molecule has 106 valence electrons. The van der Waals surface area contributed by atoms with Gasteiger partial charge < -0.3 is 10.4 Å². The van der Waals surface area contributed by atoms with Crippen molar-refractivity contribution in [2.24, 2.45) is 0 Å². The van der Waals surface area contributed by atoms with Gasteiger partial charge in [-0.1, -0.05) is 30.3 Å². The summed E-state index contributed by atoms with van der Waals surface area (Å²) in [6, 6.07) is 12.6. The van der Waals surface area contributed by atoms with E-state index in [2.05, 4.69) is 5.32 Å². The van der Waals surface area contributed by atoms with Crippen molar-refractivity contribution >= 4 is 5.69 Å². The normalized spacial score (nSPS) is 13.8. The molecule has 4 heteroatoms. The predicted octanol–water partition coefficient (Wildman–Crippen LogP) is 3.37. The third-order valence-electron chi connectivity index (χ3n) is 3.20. The van der Waals surface area contributed by atoms with Crippen LogP contribution in [0.25, 0.3) is 0 Å². The maximum atomic E-state index is 13.7. The van der Waals surface area contributed by atoms with Crippen molar-refractivity contribution in [1.82, 2.24) is 0 Å². The van der Waals surface area contributed by atoms with Crippen molar-refractivity contribution < 1.29 is 13.9 Å². The largest absolute Gasteiger partial charge is 0.394 e. The molecule has 2 N–H and O–H groups in total. The van der Waals surface area contributed by atoms with E-state index in [9.17, 15) is 13.9 Å². The van der Waals surface area contributed by atoms with E-state index >= 15 is 0 Å². The van der Waals surface area contributed by atoms with Gasteiger partial charge in [-0.25, -0.2) is 8.78 Å². The first-order chi connectivity index (χ1) is 9.54. The van der Waals surface area contributed by atoms with Crippen molar-refractivity contribution in [2.45, 2.75) is 18.9 Å². The first kappa shape index (κ1) is 14.5. The minimum atomic E-state index is -0.843. The molecule has 2 nitrogen and oxygen atoms in total. The van der Waals surface area contributed by atoms with Crippen LogP contribution in [-0.4, -0.2) is 17.3 Å². The minimum absolute atomic E-state index is 0.240. The molecule has 0 heterocycles. The third-order valence-corrected chi connectivity index (χ3v) is 3.20. The van der Waals surface area contributed by atoms with E-state index in [0.717, 1.165) is 0 Å². The number of hydrogen-bond acceptors (Lipinski definition) is 2. The Balaban J connectivity index is 2.22. The maximum Gasteiger partial charge on any atom is 0.146 e. The van der Waals surface area contributed by atoms with Crippen molar-refractivity contribution in [3.05, 3.63) is 65.7 Å². The van der Waals surface area contributed by atoms with Gasteiger partial charge in [-0.2, -0.15) is 0 Å². The number of benzene rings is 2. The number of aliphatic hydroxyl groups excluding tert-OH is 1. The van der Waals surface area contributed by atoms with E-state index < -0.39 is 11.4 Å². The van der Waals surface area contributed by atoms with Crippen LogP contribution >= 0.6 is 0 Å². The molecule has 2 rings (SSSR count). The van der Waals surface area contributed by atoms with Crippen LogP contribution in [0.15, 0.2) is 48.5 Å². The van der Waals surface area contributed by atoms with Gasteiger partial charge in [0.15, 0.2) is 0 Å². The second-order valence-electron chi connectivity index (χ2n) is 5.09. The molecule has 0 amide bonds. The van der Waals surface area contributed by atoms with Crippen LogP contribution in [0.4, 0.5) is 14.5 Å². The second-order valence-corrected chi connectivity index (χ2v) is 5.09. The Morgan fingerprint density at radius 2 is 1.60 bits per heavy atom. The number of halogens is 2. The van der Waals surface area contributed by atoms with Crippen LogP contribution in [0.2, 0.25) is 0 Å². The molecule has 20 heavy (non-hydrogen) atoms. The van der Waals surface area contributed by atoms with E-state index in [1.54, 1.807) is 43.3 Å². The molecule has 0 aliphatic heterocycles. The molecular weight excluding hydrogens is 260 g/mol. The van der Waals surface area contributed by atoms with Gasteiger partial charge in [-0.05, 0) is 30.7 Å². The lowest BCUT2D eigenvalue weighted by Gasteiger charge is -2.30. The molecule has 0 aliphatic rings. The first-order valence-electron chi connectivity index (χ1n) is 6.41. The summed E-state index contributed by atoms with van der Waals surface area (Å²) in [5.41, 5.74) is -0.0713. The van der Waals surface area contributed by atoms with E-state index in [1.165, 1.54) is 12.1 Å². The number of anilines is 1. The molecule has 2 aromatic carbocycles. The zero-order chi connectivity index (χ0) is 14.6. The summed E-state index contributed by atoms with van der Waals surface area (Å²) >= 11 is 0. The summed E-state index contributed by atoms with van der Waals surface area (Å²) in [6.45, 7) is 1.49. The lowest BCUT2D eigenvalue weighted by Crippen LogP contribution is -2.41. The maximum absolute atomic E-state index is 13.7. The molecule has 0 saturated heterocycles. The molecule has 1 atom stereocenters. The SMILES string of the molecule is CC(CO)(Cc1ccccc1F)Nc1ccccc1F. The van der Waals surface area contributed by atoms with E-state index in [4.69, 9.17) is 0 Å². The fourth-order valence-corrected chi connectivity index (χ4v) is 2.09. The average molecular weight is 277 g/mol. The topological polar surface area (TPSA) is 32.3 Å². The second kappa shape index (κ2) is 6.01. The number of nitrogens with one attached hydrogen (secondary N) is 1. The lowest BCUT2D eigenvalue weighted by atomic mass is 9.93. The van der Waals surface area contributed by atoms with Crippen molar-refractivity contribution in [2.75, 3.05) is 11.9 Å². The van der Waals surface area contributed by atoms with Gasteiger partial charge in [0.05, 0.1) is 17.8 Å². The summed E-state index contributed by atoms with van der Waals surface area (Å²) in [6.07, 6.45) is 0.254. The zero-order valence-electron chi connectivity index (χ0n) is 11.2. The van der Waals surface area contributed by atoms with Gasteiger partial charge in [-0.3, -0.25) is 0 Å². The Hall–Kier alpha value is -1.94. The molecule has 0 saturated carbocycles. The van der Waals surface area contributed by atoms with Crippen LogP contribution < -0.4 is 5.32 Å².